The monoisotopic (exact) mass is 565 g/mol. The Balaban J connectivity index is 1.50. The second-order valence-electron chi connectivity index (χ2n) is 9.36. The van der Waals surface area contributed by atoms with E-state index in [1.54, 1.807) is 41.6 Å². The molecule has 1 fully saturated rings. The quantitative estimate of drug-likeness (QED) is 0.271. The van der Waals surface area contributed by atoms with Crippen LogP contribution in [0.3, 0.4) is 0 Å². The maximum Gasteiger partial charge on any atom is 0.260 e. The summed E-state index contributed by atoms with van der Waals surface area (Å²) < 4.78 is 39.9. The van der Waals surface area contributed by atoms with E-state index in [9.17, 15) is 13.2 Å². The van der Waals surface area contributed by atoms with Crippen molar-refractivity contribution in [1.82, 2.24) is 9.29 Å². The number of hydrogen-bond acceptors (Lipinski definition) is 7. The molecule has 4 aromatic rings. The van der Waals surface area contributed by atoms with Crippen LogP contribution in [0.1, 0.15) is 41.6 Å². The van der Waals surface area contributed by atoms with Gasteiger partial charge in [-0.3, -0.25) is 9.69 Å². The average molecular weight is 566 g/mol. The van der Waals surface area contributed by atoms with Crippen LogP contribution in [-0.2, 0) is 16.6 Å². The van der Waals surface area contributed by atoms with Gasteiger partial charge in [0.1, 0.15) is 21.7 Å². The van der Waals surface area contributed by atoms with Gasteiger partial charge in [-0.05, 0) is 54.8 Å². The van der Waals surface area contributed by atoms with Crippen molar-refractivity contribution >= 4 is 42.6 Å². The molecule has 3 aromatic carbocycles. The maximum atomic E-state index is 13.9. The molecule has 1 aromatic heterocycles. The Hall–Kier alpha value is -3.47. The van der Waals surface area contributed by atoms with Crippen LogP contribution in [0.4, 0.5) is 5.13 Å². The molecule has 1 aliphatic rings. The highest BCUT2D eigenvalue weighted by Gasteiger charge is 2.27. The fraction of sp³-hybridized carbons (Fsp3) is 0.310. The number of nitrogens with zero attached hydrogens (tertiary/aromatic N) is 3. The van der Waals surface area contributed by atoms with Gasteiger partial charge < -0.3 is 9.47 Å². The van der Waals surface area contributed by atoms with E-state index >= 15 is 0 Å². The molecule has 2 heterocycles. The lowest BCUT2D eigenvalue weighted by molar-refractivity contribution is 0.0985. The van der Waals surface area contributed by atoms with Crippen LogP contribution >= 0.6 is 11.3 Å². The molecule has 10 heteroatoms. The standard InChI is InChI=1S/C29H31N3O5S2/c1-36-24-16-17-25(37-2)27-26(24)30-29(38-27)32(20-21-10-6-5-7-11-21)28(33)22-12-14-23(15-13-22)39(34,35)31-18-8-3-4-9-19-31/h5-7,10-17H,3-4,8-9,18-20H2,1-2H3. The number of aromatic nitrogens is 1. The van der Waals surface area contributed by atoms with Crippen molar-refractivity contribution < 1.29 is 22.7 Å². The minimum Gasteiger partial charge on any atom is -0.495 e. The minimum atomic E-state index is -3.61. The SMILES string of the molecule is COc1ccc(OC)c2sc(N(Cc3ccccc3)C(=O)c3ccc(S(=O)(=O)N4CCCCCC4)cc3)nc12. The Labute approximate surface area is 232 Å². The lowest BCUT2D eigenvalue weighted by Gasteiger charge is -2.21. The summed E-state index contributed by atoms with van der Waals surface area (Å²) in [6, 6.07) is 19.5. The zero-order valence-corrected chi connectivity index (χ0v) is 23.6. The average Bonchev–Trinajstić information content (AvgIpc) is 3.22. The van der Waals surface area contributed by atoms with E-state index < -0.39 is 10.0 Å². The number of hydrogen-bond donors (Lipinski definition) is 0. The molecule has 39 heavy (non-hydrogen) atoms. The molecular weight excluding hydrogens is 534 g/mol. The number of anilines is 1. The third-order valence-corrected chi connectivity index (χ3v) is 9.87. The fourth-order valence-corrected chi connectivity index (χ4v) is 7.33. The van der Waals surface area contributed by atoms with E-state index in [0.29, 0.717) is 40.8 Å². The smallest absolute Gasteiger partial charge is 0.260 e. The fourth-order valence-electron chi connectivity index (χ4n) is 4.74. The van der Waals surface area contributed by atoms with Gasteiger partial charge in [-0.15, -0.1) is 0 Å². The number of methoxy groups -OCH3 is 2. The van der Waals surface area contributed by atoms with E-state index in [0.717, 1.165) is 35.9 Å². The predicted molar refractivity (Wildman–Crippen MR) is 153 cm³/mol. The first-order valence-electron chi connectivity index (χ1n) is 12.9. The third kappa shape index (κ3) is 5.63. The van der Waals surface area contributed by atoms with E-state index in [4.69, 9.17) is 14.5 Å². The van der Waals surface area contributed by atoms with Crippen molar-refractivity contribution in [3.8, 4) is 11.5 Å². The summed E-state index contributed by atoms with van der Waals surface area (Å²) in [6.45, 7) is 1.34. The second kappa shape index (κ2) is 11.7. The lowest BCUT2D eigenvalue weighted by Crippen LogP contribution is -2.32. The van der Waals surface area contributed by atoms with Crippen LogP contribution in [-0.4, -0.2) is 50.9 Å². The number of amides is 1. The van der Waals surface area contributed by atoms with Crippen LogP contribution < -0.4 is 14.4 Å². The van der Waals surface area contributed by atoms with E-state index in [-0.39, 0.29) is 17.3 Å². The molecule has 0 N–H and O–H groups in total. The molecule has 0 spiro atoms. The van der Waals surface area contributed by atoms with Gasteiger partial charge in [0, 0.05) is 18.7 Å². The lowest BCUT2D eigenvalue weighted by atomic mass is 10.1. The van der Waals surface area contributed by atoms with Crippen LogP contribution in [0.15, 0.2) is 71.6 Å². The van der Waals surface area contributed by atoms with Gasteiger partial charge in [-0.25, -0.2) is 13.4 Å². The first kappa shape index (κ1) is 27.1. The summed E-state index contributed by atoms with van der Waals surface area (Å²) >= 11 is 1.34. The Morgan fingerprint density at radius 2 is 1.54 bits per heavy atom. The van der Waals surface area contributed by atoms with Gasteiger partial charge in [0.25, 0.3) is 5.91 Å². The van der Waals surface area contributed by atoms with Crippen LogP contribution in [0.25, 0.3) is 10.2 Å². The highest BCUT2D eigenvalue weighted by molar-refractivity contribution is 7.89. The summed E-state index contributed by atoms with van der Waals surface area (Å²) in [4.78, 5) is 20.5. The van der Waals surface area contributed by atoms with Gasteiger partial charge in [0.2, 0.25) is 10.0 Å². The Bertz CT molecular complexity index is 1500. The predicted octanol–water partition coefficient (Wildman–Crippen LogP) is 5.73. The molecule has 5 rings (SSSR count). The second-order valence-corrected chi connectivity index (χ2v) is 12.3. The van der Waals surface area contributed by atoms with Crippen molar-refractivity contribution in [2.45, 2.75) is 37.1 Å². The molecule has 8 nitrogen and oxygen atoms in total. The van der Waals surface area contributed by atoms with Gasteiger partial charge in [-0.2, -0.15) is 4.31 Å². The summed E-state index contributed by atoms with van der Waals surface area (Å²) in [5.41, 5.74) is 1.92. The Morgan fingerprint density at radius 1 is 0.897 bits per heavy atom. The van der Waals surface area contributed by atoms with Gasteiger partial charge in [0.15, 0.2) is 5.13 Å². The molecular formula is C29H31N3O5S2. The number of benzene rings is 3. The molecule has 0 atom stereocenters. The zero-order valence-electron chi connectivity index (χ0n) is 22.0. The van der Waals surface area contributed by atoms with E-state index in [2.05, 4.69) is 0 Å². The number of rotatable bonds is 8. The van der Waals surface area contributed by atoms with Crippen molar-refractivity contribution in [3.05, 3.63) is 77.9 Å². The number of sulfonamides is 1. The van der Waals surface area contributed by atoms with Gasteiger partial charge in [-0.1, -0.05) is 54.5 Å². The summed E-state index contributed by atoms with van der Waals surface area (Å²) in [6.07, 6.45) is 3.81. The largest absolute Gasteiger partial charge is 0.495 e. The van der Waals surface area contributed by atoms with Crippen LogP contribution in [0.5, 0.6) is 11.5 Å². The molecule has 0 unspecified atom stereocenters. The molecule has 0 aliphatic carbocycles. The molecule has 204 valence electrons. The molecule has 0 radical (unpaired) electrons. The van der Waals surface area contributed by atoms with Gasteiger partial charge >= 0.3 is 0 Å². The summed E-state index contributed by atoms with van der Waals surface area (Å²) in [7, 11) is -0.441. The first-order valence-corrected chi connectivity index (χ1v) is 15.2. The van der Waals surface area contributed by atoms with Crippen molar-refractivity contribution in [1.29, 1.82) is 0 Å². The number of carbonyl (C=O) groups is 1. The highest BCUT2D eigenvalue weighted by atomic mass is 32.2. The summed E-state index contributed by atoms with van der Waals surface area (Å²) in [5.74, 6) is 0.947. The number of ether oxygens (including phenoxy) is 2. The van der Waals surface area contributed by atoms with Gasteiger partial charge in [0.05, 0.1) is 25.7 Å². The molecule has 1 aliphatic heterocycles. The topological polar surface area (TPSA) is 89.0 Å². The Morgan fingerprint density at radius 3 is 2.18 bits per heavy atom. The zero-order chi connectivity index (χ0) is 27.4. The van der Waals surface area contributed by atoms with E-state index in [1.807, 2.05) is 36.4 Å². The van der Waals surface area contributed by atoms with E-state index in [1.165, 1.54) is 23.5 Å². The molecule has 1 amide bonds. The highest BCUT2D eigenvalue weighted by Crippen LogP contribution is 2.40. The van der Waals surface area contributed by atoms with Crippen LogP contribution in [0, 0.1) is 0 Å². The third-order valence-electron chi connectivity index (χ3n) is 6.86. The molecule has 0 bridgehead atoms. The minimum absolute atomic E-state index is 0.199. The normalized spacial score (nSPS) is 14.6. The number of carbonyl (C=O) groups excluding carboxylic acids is 1. The molecule has 0 saturated carbocycles. The first-order chi connectivity index (χ1) is 18.9. The van der Waals surface area contributed by atoms with Crippen molar-refractivity contribution in [3.63, 3.8) is 0 Å². The Kier molecular flexibility index (Phi) is 8.15. The molecule has 1 saturated heterocycles. The van der Waals surface area contributed by atoms with Crippen LogP contribution in [0.2, 0.25) is 0 Å². The van der Waals surface area contributed by atoms with Crippen molar-refractivity contribution in [2.75, 3.05) is 32.2 Å². The number of fused-ring (bicyclic) bond motifs is 1. The number of thiazole rings is 1. The maximum absolute atomic E-state index is 13.9. The van der Waals surface area contributed by atoms with Crippen molar-refractivity contribution in [2.24, 2.45) is 0 Å². The summed E-state index contributed by atoms with van der Waals surface area (Å²) in [5, 5.41) is 0.489.